The maximum atomic E-state index is 12.7. The van der Waals surface area contributed by atoms with Crippen LogP contribution in [0.25, 0.3) is 0 Å². The number of benzene rings is 3. The number of ether oxygens (including phenoxy) is 1. The highest BCUT2D eigenvalue weighted by Crippen LogP contribution is 2.25. The predicted molar refractivity (Wildman–Crippen MR) is 142 cm³/mol. The summed E-state index contributed by atoms with van der Waals surface area (Å²) >= 11 is 8.56. The fourth-order valence-electron chi connectivity index (χ4n) is 3.16. The van der Waals surface area contributed by atoms with Crippen LogP contribution in [0.5, 0.6) is 5.75 Å². The zero-order valence-corrected chi connectivity index (χ0v) is 22.0. The lowest BCUT2D eigenvalue weighted by Gasteiger charge is -2.12. The molecule has 0 aliphatic heterocycles. The lowest BCUT2D eigenvalue weighted by molar-refractivity contribution is -0.121. The number of carbonyl (C=O) groups is 1. The van der Waals surface area contributed by atoms with Crippen LogP contribution in [0, 0.1) is 20.8 Å². The number of hydrogen-bond donors (Lipinski definition) is 3. The van der Waals surface area contributed by atoms with E-state index in [2.05, 4.69) is 31.3 Å². The molecule has 10 heteroatoms. The standard InChI is InChI=1S/C24H24BrN3O4S2/c1-15-4-9-22(21(25)13-15)32-14-23(29)27-24(33)26-18-5-7-20(8-6-18)34(30,31)28-19-11-16(2)10-17(3)12-19/h4-13,28H,14H2,1-3H3,(H2,26,27,29,33). The quantitative estimate of drug-likeness (QED) is 0.348. The van der Waals surface area contributed by atoms with Crippen molar-refractivity contribution in [2.24, 2.45) is 0 Å². The minimum Gasteiger partial charge on any atom is -0.483 e. The molecule has 34 heavy (non-hydrogen) atoms. The van der Waals surface area contributed by atoms with E-state index in [-0.39, 0.29) is 16.6 Å². The van der Waals surface area contributed by atoms with Gasteiger partial charge < -0.3 is 10.1 Å². The molecule has 0 bridgehead atoms. The number of aryl methyl sites for hydroxylation is 3. The minimum absolute atomic E-state index is 0.0699. The van der Waals surface area contributed by atoms with Crippen LogP contribution in [-0.4, -0.2) is 26.0 Å². The van der Waals surface area contributed by atoms with E-state index in [4.69, 9.17) is 17.0 Å². The summed E-state index contributed by atoms with van der Waals surface area (Å²) in [5.74, 6) is 0.118. The molecular formula is C24H24BrN3O4S2. The van der Waals surface area contributed by atoms with Crippen molar-refractivity contribution in [1.82, 2.24) is 5.32 Å². The highest BCUT2D eigenvalue weighted by Gasteiger charge is 2.15. The lowest BCUT2D eigenvalue weighted by Crippen LogP contribution is -2.37. The Morgan fingerprint density at radius 2 is 1.56 bits per heavy atom. The van der Waals surface area contributed by atoms with Gasteiger partial charge >= 0.3 is 0 Å². The zero-order chi connectivity index (χ0) is 24.9. The number of halogens is 1. The van der Waals surface area contributed by atoms with Gasteiger partial charge in [-0.1, -0.05) is 12.1 Å². The van der Waals surface area contributed by atoms with Crippen molar-refractivity contribution in [3.63, 3.8) is 0 Å². The number of anilines is 2. The summed E-state index contributed by atoms with van der Waals surface area (Å²) < 4.78 is 34.2. The molecule has 0 saturated heterocycles. The normalized spacial score (nSPS) is 10.9. The maximum absolute atomic E-state index is 12.7. The first-order valence-electron chi connectivity index (χ1n) is 10.2. The Bertz CT molecular complexity index is 1310. The van der Waals surface area contributed by atoms with Gasteiger partial charge in [-0.3, -0.25) is 14.8 Å². The van der Waals surface area contributed by atoms with E-state index < -0.39 is 15.9 Å². The zero-order valence-electron chi connectivity index (χ0n) is 18.8. The second-order valence-electron chi connectivity index (χ2n) is 7.73. The minimum atomic E-state index is -3.75. The van der Waals surface area contributed by atoms with E-state index >= 15 is 0 Å². The van der Waals surface area contributed by atoms with Crippen molar-refractivity contribution in [3.05, 3.63) is 81.8 Å². The SMILES string of the molecule is Cc1cc(C)cc(NS(=O)(=O)c2ccc(NC(=S)NC(=O)COc3ccc(C)cc3Br)cc2)c1. The van der Waals surface area contributed by atoms with Crippen molar-refractivity contribution >= 4 is 60.6 Å². The van der Waals surface area contributed by atoms with Crippen molar-refractivity contribution < 1.29 is 17.9 Å². The van der Waals surface area contributed by atoms with Crippen LogP contribution >= 0.6 is 28.1 Å². The number of rotatable bonds is 7. The van der Waals surface area contributed by atoms with E-state index in [1.54, 1.807) is 30.3 Å². The topological polar surface area (TPSA) is 96.5 Å². The number of amides is 1. The van der Waals surface area contributed by atoms with Gasteiger partial charge in [0.05, 0.1) is 9.37 Å². The first kappa shape index (κ1) is 25.7. The molecule has 3 aromatic rings. The molecule has 0 aromatic heterocycles. The van der Waals surface area contributed by atoms with Crippen LogP contribution in [0.15, 0.2) is 70.0 Å². The van der Waals surface area contributed by atoms with Gasteiger partial charge in [0.1, 0.15) is 5.75 Å². The van der Waals surface area contributed by atoms with Crippen LogP contribution in [0.4, 0.5) is 11.4 Å². The molecule has 0 saturated carbocycles. The van der Waals surface area contributed by atoms with E-state index in [1.807, 2.05) is 39.0 Å². The highest BCUT2D eigenvalue weighted by molar-refractivity contribution is 9.10. The monoisotopic (exact) mass is 561 g/mol. The summed E-state index contributed by atoms with van der Waals surface area (Å²) in [5.41, 5.74) is 4.02. The third-order valence-electron chi connectivity index (χ3n) is 4.60. The first-order valence-corrected chi connectivity index (χ1v) is 12.9. The summed E-state index contributed by atoms with van der Waals surface area (Å²) in [6.45, 7) is 5.54. The molecule has 0 atom stereocenters. The van der Waals surface area contributed by atoms with Crippen LogP contribution in [0.1, 0.15) is 16.7 Å². The molecule has 0 radical (unpaired) electrons. The number of hydrogen-bond acceptors (Lipinski definition) is 5. The Morgan fingerprint density at radius 1 is 0.912 bits per heavy atom. The third kappa shape index (κ3) is 7.28. The van der Waals surface area contributed by atoms with Crippen molar-refractivity contribution in [2.45, 2.75) is 25.7 Å². The van der Waals surface area contributed by atoms with E-state index in [9.17, 15) is 13.2 Å². The van der Waals surface area contributed by atoms with Crippen molar-refractivity contribution in [3.8, 4) is 5.75 Å². The molecule has 0 aliphatic rings. The Balaban J connectivity index is 1.55. The number of nitrogens with one attached hydrogen (secondary N) is 3. The van der Waals surface area contributed by atoms with Crippen LogP contribution in [-0.2, 0) is 14.8 Å². The molecule has 0 unspecified atom stereocenters. The van der Waals surface area contributed by atoms with Gasteiger partial charge in [0.2, 0.25) is 0 Å². The molecule has 3 N–H and O–H groups in total. The Hall–Kier alpha value is -2.95. The van der Waals surface area contributed by atoms with Crippen molar-refractivity contribution in [2.75, 3.05) is 16.6 Å². The van der Waals surface area contributed by atoms with Crippen LogP contribution in [0.3, 0.4) is 0 Å². The number of sulfonamides is 1. The fraction of sp³-hybridized carbons (Fsp3) is 0.167. The lowest BCUT2D eigenvalue weighted by atomic mass is 10.1. The number of thiocarbonyl (C=S) groups is 1. The maximum Gasteiger partial charge on any atom is 0.264 e. The summed E-state index contributed by atoms with van der Waals surface area (Å²) in [6, 6.07) is 17.1. The molecule has 178 valence electrons. The Kier molecular flexibility index (Phi) is 8.29. The summed E-state index contributed by atoms with van der Waals surface area (Å²) in [6.07, 6.45) is 0. The summed E-state index contributed by atoms with van der Waals surface area (Å²) in [5, 5.41) is 5.45. The number of carbonyl (C=O) groups excluding carboxylic acids is 1. The van der Waals surface area contributed by atoms with Gasteiger partial charge in [0.15, 0.2) is 11.7 Å². The van der Waals surface area contributed by atoms with Crippen LogP contribution in [0.2, 0.25) is 0 Å². The van der Waals surface area contributed by atoms with E-state index in [0.717, 1.165) is 21.2 Å². The molecule has 1 amide bonds. The molecule has 0 fully saturated rings. The molecular weight excluding hydrogens is 538 g/mol. The molecule has 3 rings (SSSR count). The van der Waals surface area contributed by atoms with Crippen molar-refractivity contribution in [1.29, 1.82) is 0 Å². The largest absolute Gasteiger partial charge is 0.483 e. The molecule has 0 aliphatic carbocycles. The molecule has 0 heterocycles. The average Bonchev–Trinajstić information content (AvgIpc) is 2.72. The van der Waals surface area contributed by atoms with E-state index in [1.165, 1.54) is 12.1 Å². The smallest absolute Gasteiger partial charge is 0.264 e. The summed E-state index contributed by atoms with van der Waals surface area (Å²) in [4.78, 5) is 12.2. The first-order chi connectivity index (χ1) is 16.0. The fourth-order valence-corrected chi connectivity index (χ4v) is 5.04. The van der Waals surface area contributed by atoms with Gasteiger partial charge in [0.25, 0.3) is 15.9 Å². The van der Waals surface area contributed by atoms with Gasteiger partial charge in [-0.05, 0) is 114 Å². The Labute approximate surface area is 213 Å². The average molecular weight is 563 g/mol. The van der Waals surface area contributed by atoms with Gasteiger partial charge in [-0.2, -0.15) is 0 Å². The van der Waals surface area contributed by atoms with E-state index in [0.29, 0.717) is 17.1 Å². The molecule has 7 nitrogen and oxygen atoms in total. The second kappa shape index (κ2) is 11.0. The third-order valence-corrected chi connectivity index (χ3v) is 6.82. The molecule has 0 spiro atoms. The van der Waals surface area contributed by atoms with Crippen LogP contribution < -0.4 is 20.1 Å². The molecule has 3 aromatic carbocycles. The highest BCUT2D eigenvalue weighted by atomic mass is 79.9. The Morgan fingerprint density at radius 3 is 2.18 bits per heavy atom. The summed E-state index contributed by atoms with van der Waals surface area (Å²) in [7, 11) is -3.75. The predicted octanol–water partition coefficient (Wildman–Crippen LogP) is 5.07. The van der Waals surface area contributed by atoms with Gasteiger partial charge in [-0.15, -0.1) is 0 Å². The second-order valence-corrected chi connectivity index (χ2v) is 10.7. The van der Waals surface area contributed by atoms with Gasteiger partial charge in [0, 0.05) is 11.4 Å². The van der Waals surface area contributed by atoms with Gasteiger partial charge in [-0.25, -0.2) is 8.42 Å².